The number of fused-ring (bicyclic) bond motifs is 4. The number of aryl methyl sites for hydroxylation is 2. The molecule has 0 unspecified atom stereocenters. The molecule has 254 valence electrons. The summed E-state index contributed by atoms with van der Waals surface area (Å²) in [4.78, 5) is 0. The van der Waals surface area contributed by atoms with E-state index in [1.54, 1.807) is 12.1 Å². The predicted octanol–water partition coefficient (Wildman–Crippen LogP) is 12.3. The Morgan fingerprint density at radius 1 is 0.627 bits per heavy atom. The fourth-order valence-electron chi connectivity index (χ4n) is 7.63. The van der Waals surface area contributed by atoms with Crippen LogP contribution >= 0.6 is 0 Å². The predicted molar refractivity (Wildman–Crippen MR) is 201 cm³/mol. The lowest BCUT2D eigenvalue weighted by molar-refractivity contribution is -0.633. The van der Waals surface area contributed by atoms with Crippen LogP contribution in [0.2, 0.25) is 0 Å². The smallest absolute Gasteiger partial charge is 0.299 e. The standard InChI is InChI=1S/C45H38F3N2O/c1-25(2)34-20-30(28-12-8-7-9-13-28)21-35(26(3)4)43(34)50-39-15-11-10-14-38(39)49(6)45(50)41-27(5)16-18-33-32-19-17-29(22-40(32)51-44(33)41)42-36(47)23-31(46)24-37(42)48/h7-26H,1-6H3/q+1. The van der Waals surface area contributed by atoms with Gasteiger partial charge in [-0.1, -0.05) is 88.4 Å². The molecule has 0 aliphatic carbocycles. The van der Waals surface area contributed by atoms with Crippen molar-refractivity contribution < 1.29 is 22.2 Å². The van der Waals surface area contributed by atoms with Crippen molar-refractivity contribution in [3.8, 4) is 39.3 Å². The molecule has 0 atom stereocenters. The first-order chi connectivity index (χ1) is 24.5. The Morgan fingerprint density at radius 2 is 1.25 bits per heavy atom. The van der Waals surface area contributed by atoms with Gasteiger partial charge in [0.2, 0.25) is 0 Å². The summed E-state index contributed by atoms with van der Waals surface area (Å²) in [6, 6.07) is 34.3. The molecule has 51 heavy (non-hydrogen) atoms. The number of hydrogen-bond donors (Lipinski definition) is 0. The van der Waals surface area contributed by atoms with Gasteiger partial charge in [-0.25, -0.2) is 17.7 Å². The first-order valence-corrected chi connectivity index (χ1v) is 17.4. The van der Waals surface area contributed by atoms with E-state index in [1.807, 2.05) is 18.2 Å². The van der Waals surface area contributed by atoms with Crippen LogP contribution in [0.3, 0.4) is 0 Å². The van der Waals surface area contributed by atoms with Gasteiger partial charge in [-0.15, -0.1) is 0 Å². The molecule has 0 radical (unpaired) electrons. The molecule has 8 aromatic rings. The van der Waals surface area contributed by atoms with Crippen molar-refractivity contribution in [1.82, 2.24) is 4.57 Å². The second-order valence-corrected chi connectivity index (χ2v) is 14.1. The van der Waals surface area contributed by atoms with Gasteiger partial charge in [0.25, 0.3) is 5.82 Å². The lowest BCUT2D eigenvalue weighted by Crippen LogP contribution is -2.30. The minimum absolute atomic E-state index is 0.217. The number of para-hydroxylation sites is 2. The van der Waals surface area contributed by atoms with Gasteiger partial charge in [0, 0.05) is 34.0 Å². The summed E-state index contributed by atoms with van der Waals surface area (Å²) in [5.41, 5.74) is 11.3. The average Bonchev–Trinajstić information content (AvgIpc) is 3.61. The van der Waals surface area contributed by atoms with Gasteiger partial charge in [-0.05, 0) is 77.4 Å². The quantitative estimate of drug-likeness (QED) is 0.160. The Labute approximate surface area is 295 Å². The number of imidazole rings is 1. The molecular weight excluding hydrogens is 642 g/mol. The van der Waals surface area contributed by atoms with Gasteiger partial charge in [0.1, 0.15) is 34.3 Å². The number of nitrogens with zero attached hydrogens (tertiary/aromatic N) is 2. The second kappa shape index (κ2) is 12.3. The zero-order valence-electron chi connectivity index (χ0n) is 29.5. The third-order valence-electron chi connectivity index (χ3n) is 10.1. The molecule has 6 aromatic carbocycles. The van der Waals surface area contributed by atoms with Crippen LogP contribution < -0.4 is 4.57 Å². The molecule has 0 bridgehead atoms. The Morgan fingerprint density at radius 3 is 1.92 bits per heavy atom. The van der Waals surface area contributed by atoms with Crippen LogP contribution in [0, 0.1) is 24.4 Å². The van der Waals surface area contributed by atoms with Crippen molar-refractivity contribution in [1.29, 1.82) is 0 Å². The van der Waals surface area contributed by atoms with Crippen molar-refractivity contribution in [2.45, 2.75) is 46.5 Å². The van der Waals surface area contributed by atoms with Crippen molar-refractivity contribution in [2.24, 2.45) is 7.05 Å². The molecule has 2 aromatic heterocycles. The maximum Gasteiger partial charge on any atom is 0.299 e. The Hall–Kier alpha value is -5.62. The van der Waals surface area contributed by atoms with Gasteiger partial charge in [0.05, 0.1) is 12.6 Å². The summed E-state index contributed by atoms with van der Waals surface area (Å²) in [7, 11) is 2.09. The normalized spacial score (nSPS) is 12.0. The molecular formula is C45H38F3N2O+. The number of halogens is 3. The second-order valence-electron chi connectivity index (χ2n) is 14.1. The van der Waals surface area contributed by atoms with E-state index in [0.29, 0.717) is 23.3 Å². The third-order valence-corrected chi connectivity index (χ3v) is 10.1. The van der Waals surface area contributed by atoms with E-state index in [0.717, 1.165) is 44.4 Å². The molecule has 0 fully saturated rings. The molecule has 3 nitrogen and oxygen atoms in total. The van der Waals surface area contributed by atoms with E-state index < -0.39 is 17.5 Å². The number of hydrogen-bond acceptors (Lipinski definition) is 1. The van der Waals surface area contributed by atoms with E-state index in [2.05, 4.69) is 118 Å². The van der Waals surface area contributed by atoms with Gasteiger partial charge in [-0.2, -0.15) is 4.57 Å². The average molecular weight is 680 g/mol. The highest BCUT2D eigenvalue weighted by Gasteiger charge is 2.34. The van der Waals surface area contributed by atoms with Crippen LogP contribution in [0.25, 0.3) is 72.3 Å². The zero-order chi connectivity index (χ0) is 35.7. The summed E-state index contributed by atoms with van der Waals surface area (Å²) in [5.74, 6) is -1.49. The summed E-state index contributed by atoms with van der Waals surface area (Å²) >= 11 is 0. The molecule has 6 heteroatoms. The highest BCUT2D eigenvalue weighted by atomic mass is 19.1. The maximum absolute atomic E-state index is 14.9. The summed E-state index contributed by atoms with van der Waals surface area (Å²) in [6.45, 7) is 11.1. The summed E-state index contributed by atoms with van der Waals surface area (Å²) in [5, 5.41) is 1.71. The molecule has 0 N–H and O–H groups in total. The van der Waals surface area contributed by atoms with Crippen molar-refractivity contribution in [3.05, 3.63) is 143 Å². The first-order valence-electron chi connectivity index (χ1n) is 17.4. The van der Waals surface area contributed by atoms with Crippen molar-refractivity contribution in [3.63, 3.8) is 0 Å². The van der Waals surface area contributed by atoms with Gasteiger partial charge in [-0.3, -0.25) is 0 Å². The van der Waals surface area contributed by atoms with Crippen molar-refractivity contribution in [2.75, 3.05) is 0 Å². The Kier molecular flexibility index (Phi) is 7.86. The van der Waals surface area contributed by atoms with Crippen LogP contribution in [0.15, 0.2) is 114 Å². The number of benzene rings is 6. The molecule has 2 heterocycles. The van der Waals surface area contributed by atoms with E-state index in [9.17, 15) is 13.2 Å². The number of furan rings is 1. The molecule has 0 aliphatic rings. The lowest BCUT2D eigenvalue weighted by Gasteiger charge is -2.21. The number of aromatic nitrogens is 2. The van der Waals surface area contributed by atoms with Gasteiger partial charge >= 0.3 is 0 Å². The minimum Gasteiger partial charge on any atom is -0.455 e. The van der Waals surface area contributed by atoms with Crippen LogP contribution in [0.5, 0.6) is 0 Å². The SMILES string of the molecule is Cc1ccc2c(oc3cc(-c4c(F)cc(F)cc4F)ccc32)c1-c1n(-c2c(C(C)C)cc(-c3ccccc3)cc2C(C)C)c2ccccc2[n+]1C. The molecule has 0 saturated carbocycles. The van der Waals surface area contributed by atoms with Crippen molar-refractivity contribution >= 4 is 33.0 Å². The topological polar surface area (TPSA) is 21.9 Å². The van der Waals surface area contributed by atoms with Crippen LogP contribution in [0.1, 0.15) is 56.2 Å². The van der Waals surface area contributed by atoms with E-state index in [4.69, 9.17) is 4.42 Å². The zero-order valence-corrected chi connectivity index (χ0v) is 29.5. The molecule has 8 rings (SSSR count). The first kappa shape index (κ1) is 32.6. The molecule has 0 spiro atoms. The summed E-state index contributed by atoms with van der Waals surface area (Å²) in [6.07, 6.45) is 0. The monoisotopic (exact) mass is 679 g/mol. The van der Waals surface area contributed by atoms with E-state index in [-0.39, 0.29) is 23.0 Å². The molecule has 0 aliphatic heterocycles. The van der Waals surface area contributed by atoms with E-state index >= 15 is 0 Å². The van der Waals surface area contributed by atoms with E-state index in [1.165, 1.54) is 22.3 Å². The minimum atomic E-state index is -0.962. The largest absolute Gasteiger partial charge is 0.455 e. The van der Waals surface area contributed by atoms with Gasteiger partial charge < -0.3 is 4.42 Å². The highest BCUT2D eigenvalue weighted by Crippen LogP contribution is 2.43. The lowest BCUT2D eigenvalue weighted by atomic mass is 9.88. The summed E-state index contributed by atoms with van der Waals surface area (Å²) < 4.78 is 54.9. The van der Waals surface area contributed by atoms with Crippen LogP contribution in [0.4, 0.5) is 13.2 Å². The Bertz CT molecular complexity index is 2600. The van der Waals surface area contributed by atoms with Crippen LogP contribution in [-0.4, -0.2) is 4.57 Å². The van der Waals surface area contributed by atoms with Gasteiger partial charge in [0.15, 0.2) is 16.6 Å². The third kappa shape index (κ3) is 5.24. The fourth-order valence-corrected chi connectivity index (χ4v) is 7.63. The molecule has 0 amide bonds. The Balaban J connectivity index is 1.45. The number of rotatable bonds is 6. The molecule has 0 saturated heterocycles. The highest BCUT2D eigenvalue weighted by molar-refractivity contribution is 6.10. The maximum atomic E-state index is 14.9. The fraction of sp³-hybridized carbons (Fsp3) is 0.178. The van der Waals surface area contributed by atoms with Crippen LogP contribution in [-0.2, 0) is 7.05 Å².